The summed E-state index contributed by atoms with van der Waals surface area (Å²) in [5.74, 6) is 0. The van der Waals surface area contributed by atoms with Crippen molar-refractivity contribution in [1.82, 2.24) is 4.90 Å². The van der Waals surface area contributed by atoms with E-state index < -0.39 is 20.0 Å². The minimum atomic E-state index is -3.89. The van der Waals surface area contributed by atoms with Crippen LogP contribution in [0, 0.1) is 0 Å². The number of hydrogen-bond donors (Lipinski definition) is 0. The minimum Gasteiger partial charge on any atom is -0.293 e. The maximum atomic E-state index is 11.8. The Kier molecular flexibility index (Phi) is 4.65. The summed E-state index contributed by atoms with van der Waals surface area (Å²) in [5, 5.41) is 0. The van der Waals surface area contributed by atoms with Gasteiger partial charge in [-0.25, -0.2) is 16.8 Å². The molecule has 0 radical (unpaired) electrons. The molecule has 0 spiro atoms. The lowest BCUT2D eigenvalue weighted by molar-refractivity contribution is 0.150. The third kappa shape index (κ3) is 3.45. The Morgan fingerprint density at radius 1 is 0.917 bits per heavy atom. The SMILES string of the molecule is CS(=O)(=O)N(c1ccc([C@H]2CC[C@H]3CCCCN32)cc1)S(C)(=O)=O. The van der Waals surface area contributed by atoms with E-state index in [0.717, 1.165) is 31.0 Å². The molecule has 2 fully saturated rings. The molecule has 3 rings (SSSR count). The topological polar surface area (TPSA) is 74.8 Å². The van der Waals surface area contributed by atoms with Crippen LogP contribution in [0.4, 0.5) is 5.69 Å². The highest BCUT2D eigenvalue weighted by Gasteiger charge is 2.35. The van der Waals surface area contributed by atoms with E-state index in [0.29, 0.717) is 15.8 Å². The number of sulfonamides is 2. The standard InChI is InChI=1S/C16H24N2O4S2/c1-23(19,20)18(24(2,21)22)15-8-6-13(7-9-15)16-11-10-14-5-3-4-12-17(14)16/h6-9,14,16H,3-5,10-12H2,1-2H3/t14-,16-/m1/s1. The Hall–Kier alpha value is -1.12. The molecule has 0 bridgehead atoms. The number of fused-ring (bicyclic) bond motifs is 1. The van der Waals surface area contributed by atoms with E-state index >= 15 is 0 Å². The highest BCUT2D eigenvalue weighted by atomic mass is 32.3. The summed E-state index contributed by atoms with van der Waals surface area (Å²) in [6, 6.07) is 7.92. The van der Waals surface area contributed by atoms with Crippen molar-refractivity contribution in [3.8, 4) is 0 Å². The first kappa shape index (κ1) is 17.7. The monoisotopic (exact) mass is 372 g/mol. The maximum Gasteiger partial charge on any atom is 0.245 e. The number of rotatable bonds is 4. The minimum absolute atomic E-state index is 0.164. The van der Waals surface area contributed by atoms with Crippen LogP contribution in [0.3, 0.4) is 0 Å². The molecule has 2 heterocycles. The summed E-state index contributed by atoms with van der Waals surface area (Å²) in [5.41, 5.74) is 1.29. The van der Waals surface area contributed by atoms with Crippen LogP contribution in [0.5, 0.6) is 0 Å². The van der Waals surface area contributed by atoms with Gasteiger partial charge in [-0.3, -0.25) is 4.90 Å². The molecule has 0 aliphatic carbocycles. The second-order valence-corrected chi connectivity index (χ2v) is 10.7. The van der Waals surface area contributed by atoms with Crippen molar-refractivity contribution < 1.29 is 16.8 Å². The summed E-state index contributed by atoms with van der Waals surface area (Å²) in [6.07, 6.45) is 7.88. The Morgan fingerprint density at radius 3 is 2.12 bits per heavy atom. The summed E-state index contributed by atoms with van der Waals surface area (Å²) in [6.45, 7) is 1.11. The molecule has 24 heavy (non-hydrogen) atoms. The van der Waals surface area contributed by atoms with Gasteiger partial charge >= 0.3 is 0 Å². The van der Waals surface area contributed by atoms with Gasteiger partial charge in [-0.1, -0.05) is 18.6 Å². The van der Waals surface area contributed by atoms with Gasteiger partial charge in [0.25, 0.3) is 0 Å². The Labute approximate surface area is 144 Å². The summed E-state index contributed by atoms with van der Waals surface area (Å²) in [7, 11) is -7.78. The van der Waals surface area contributed by atoms with E-state index in [1.54, 1.807) is 12.1 Å². The third-order valence-corrected chi connectivity index (χ3v) is 8.19. The predicted octanol–water partition coefficient (Wildman–Crippen LogP) is 2.10. The van der Waals surface area contributed by atoms with Gasteiger partial charge in [0.2, 0.25) is 20.0 Å². The number of nitrogens with zero attached hydrogens (tertiary/aromatic N) is 2. The molecule has 134 valence electrons. The molecule has 0 N–H and O–H groups in total. The molecule has 2 saturated heterocycles. The van der Waals surface area contributed by atoms with Crippen molar-refractivity contribution in [2.24, 2.45) is 0 Å². The average molecular weight is 373 g/mol. The summed E-state index contributed by atoms with van der Waals surface area (Å²) < 4.78 is 47.9. The van der Waals surface area contributed by atoms with E-state index in [1.165, 1.54) is 25.7 Å². The Balaban J connectivity index is 1.88. The van der Waals surface area contributed by atoms with Crippen LogP contribution in [0.1, 0.15) is 43.7 Å². The van der Waals surface area contributed by atoms with Crippen molar-refractivity contribution in [2.75, 3.05) is 22.8 Å². The second-order valence-electron chi connectivity index (χ2n) is 6.80. The lowest BCUT2D eigenvalue weighted by Gasteiger charge is -2.34. The molecular weight excluding hydrogens is 348 g/mol. The number of benzene rings is 1. The zero-order valence-electron chi connectivity index (χ0n) is 14.1. The van der Waals surface area contributed by atoms with Gasteiger partial charge in [0.1, 0.15) is 0 Å². The zero-order valence-corrected chi connectivity index (χ0v) is 15.7. The van der Waals surface area contributed by atoms with Crippen LogP contribution in [-0.2, 0) is 20.0 Å². The lowest BCUT2D eigenvalue weighted by Crippen LogP contribution is -2.36. The van der Waals surface area contributed by atoms with Crippen molar-refractivity contribution in [3.63, 3.8) is 0 Å². The number of anilines is 1. The van der Waals surface area contributed by atoms with Gasteiger partial charge in [-0.15, -0.1) is 0 Å². The molecule has 2 atom stereocenters. The molecule has 2 aliphatic heterocycles. The fraction of sp³-hybridized carbons (Fsp3) is 0.625. The van der Waals surface area contributed by atoms with E-state index in [1.807, 2.05) is 12.1 Å². The van der Waals surface area contributed by atoms with Crippen molar-refractivity contribution in [2.45, 2.75) is 44.2 Å². The van der Waals surface area contributed by atoms with Crippen molar-refractivity contribution >= 4 is 25.7 Å². The molecule has 2 aliphatic rings. The molecule has 0 unspecified atom stereocenters. The first-order chi connectivity index (χ1) is 11.2. The quantitative estimate of drug-likeness (QED) is 0.809. The van der Waals surface area contributed by atoms with E-state index in [4.69, 9.17) is 0 Å². The van der Waals surface area contributed by atoms with Crippen LogP contribution in [0.15, 0.2) is 24.3 Å². The van der Waals surface area contributed by atoms with E-state index in [2.05, 4.69) is 4.90 Å². The lowest BCUT2D eigenvalue weighted by atomic mass is 10.0. The Morgan fingerprint density at radius 2 is 1.54 bits per heavy atom. The summed E-state index contributed by atoms with van der Waals surface area (Å²) >= 11 is 0. The van der Waals surface area contributed by atoms with Gasteiger partial charge in [-0.05, 0) is 49.9 Å². The fourth-order valence-corrected chi connectivity index (χ4v) is 7.04. The highest BCUT2D eigenvalue weighted by Crippen LogP contribution is 2.40. The molecule has 6 nitrogen and oxygen atoms in total. The number of piperidine rings is 1. The highest BCUT2D eigenvalue weighted by molar-refractivity contribution is 8.09. The molecule has 1 aromatic carbocycles. The van der Waals surface area contributed by atoms with Crippen molar-refractivity contribution in [3.05, 3.63) is 29.8 Å². The molecule has 1 aromatic rings. The molecular formula is C16H24N2O4S2. The third-order valence-electron chi connectivity index (χ3n) is 4.94. The summed E-state index contributed by atoms with van der Waals surface area (Å²) in [4.78, 5) is 2.55. The normalized spacial score (nSPS) is 25.4. The van der Waals surface area contributed by atoms with Gasteiger partial charge < -0.3 is 0 Å². The zero-order chi connectivity index (χ0) is 17.5. The largest absolute Gasteiger partial charge is 0.293 e. The smallest absolute Gasteiger partial charge is 0.245 e. The molecule has 0 saturated carbocycles. The second kappa shape index (κ2) is 6.31. The number of hydrogen-bond acceptors (Lipinski definition) is 5. The van der Waals surface area contributed by atoms with Crippen LogP contribution >= 0.6 is 0 Å². The maximum absolute atomic E-state index is 11.8. The predicted molar refractivity (Wildman–Crippen MR) is 94.9 cm³/mol. The van der Waals surface area contributed by atoms with E-state index in [-0.39, 0.29) is 5.69 Å². The van der Waals surface area contributed by atoms with E-state index in [9.17, 15) is 16.8 Å². The van der Waals surface area contributed by atoms with Gasteiger partial charge in [-0.2, -0.15) is 3.71 Å². The van der Waals surface area contributed by atoms with Crippen molar-refractivity contribution in [1.29, 1.82) is 0 Å². The first-order valence-electron chi connectivity index (χ1n) is 8.24. The average Bonchev–Trinajstić information content (AvgIpc) is 2.89. The molecule has 8 heteroatoms. The van der Waals surface area contributed by atoms with Gasteiger partial charge in [0.05, 0.1) is 18.2 Å². The fourth-order valence-electron chi connectivity index (χ4n) is 4.06. The van der Waals surface area contributed by atoms with Crippen LogP contribution < -0.4 is 3.71 Å². The van der Waals surface area contributed by atoms with Crippen LogP contribution in [-0.4, -0.2) is 46.8 Å². The Bertz CT molecular complexity index is 771. The molecule has 0 amide bonds. The van der Waals surface area contributed by atoms with Crippen LogP contribution in [0.25, 0.3) is 0 Å². The van der Waals surface area contributed by atoms with Gasteiger partial charge in [0, 0.05) is 12.1 Å². The molecule has 0 aromatic heterocycles. The van der Waals surface area contributed by atoms with Gasteiger partial charge in [0.15, 0.2) is 0 Å². The van der Waals surface area contributed by atoms with Crippen LogP contribution in [0.2, 0.25) is 0 Å². The first-order valence-corrected chi connectivity index (χ1v) is 11.9.